The molecule has 1 aromatic carbocycles. The number of hydrazone groups is 1. The van der Waals surface area contributed by atoms with Crippen LogP contribution in [0.3, 0.4) is 0 Å². The summed E-state index contributed by atoms with van der Waals surface area (Å²) in [4.78, 5) is 8.89. The van der Waals surface area contributed by atoms with E-state index in [1.807, 2.05) is 48.1 Å². The molecule has 3 aromatic heterocycles. The van der Waals surface area contributed by atoms with Crippen molar-refractivity contribution in [3.8, 4) is 23.0 Å². The van der Waals surface area contributed by atoms with Gasteiger partial charge >= 0.3 is 0 Å². The third-order valence-corrected chi connectivity index (χ3v) is 5.06. The van der Waals surface area contributed by atoms with Crippen LogP contribution in [-0.4, -0.2) is 38.1 Å². The van der Waals surface area contributed by atoms with E-state index < -0.39 is 0 Å². The Morgan fingerprint density at radius 3 is 2.79 bits per heavy atom. The number of anilines is 1. The van der Waals surface area contributed by atoms with Crippen molar-refractivity contribution in [2.24, 2.45) is 5.10 Å². The third kappa shape index (κ3) is 3.52. The fraction of sp³-hybridized carbons (Fsp3) is 0.158. The molecule has 0 saturated carbocycles. The first-order valence-corrected chi connectivity index (χ1v) is 9.47. The van der Waals surface area contributed by atoms with Crippen LogP contribution in [0.4, 0.5) is 5.13 Å². The summed E-state index contributed by atoms with van der Waals surface area (Å²) in [6.45, 7) is 4.07. The predicted octanol–water partition coefficient (Wildman–Crippen LogP) is 3.79. The predicted molar refractivity (Wildman–Crippen MR) is 111 cm³/mol. The zero-order valence-electron chi connectivity index (χ0n) is 15.7. The van der Waals surface area contributed by atoms with E-state index in [4.69, 9.17) is 4.74 Å². The van der Waals surface area contributed by atoms with Gasteiger partial charge in [-0.2, -0.15) is 15.2 Å². The molecule has 0 bridgehead atoms. The second-order valence-corrected chi connectivity index (χ2v) is 6.97. The Morgan fingerprint density at radius 2 is 2.07 bits per heavy atom. The minimum atomic E-state index is 0.693. The standard InChI is InChI=1S/C19H19N7OS/c1-12-8-16(13(2)26(12)18-20-11-22-24-18)17-10-28-19(23-17)25-21-9-14-4-6-15(27-3)7-5-14/h4-11H,1-3H3,(H,23,25)(H,20,22,24)/b21-9-. The van der Waals surface area contributed by atoms with Crippen molar-refractivity contribution in [2.45, 2.75) is 13.8 Å². The number of nitrogens with one attached hydrogen (secondary N) is 2. The van der Waals surface area contributed by atoms with E-state index in [-0.39, 0.29) is 0 Å². The Morgan fingerprint density at radius 1 is 1.25 bits per heavy atom. The molecule has 0 amide bonds. The molecule has 0 saturated heterocycles. The Labute approximate surface area is 165 Å². The van der Waals surface area contributed by atoms with Crippen molar-refractivity contribution < 1.29 is 4.74 Å². The lowest BCUT2D eigenvalue weighted by Crippen LogP contribution is -2.01. The Bertz CT molecular complexity index is 1090. The number of aromatic amines is 1. The number of hydrogen-bond donors (Lipinski definition) is 2. The number of nitrogens with zero attached hydrogens (tertiary/aromatic N) is 5. The van der Waals surface area contributed by atoms with E-state index in [9.17, 15) is 0 Å². The molecule has 28 heavy (non-hydrogen) atoms. The highest BCUT2D eigenvalue weighted by molar-refractivity contribution is 7.14. The highest BCUT2D eigenvalue weighted by Crippen LogP contribution is 2.30. The number of benzene rings is 1. The van der Waals surface area contributed by atoms with Crippen LogP contribution in [0.25, 0.3) is 17.2 Å². The van der Waals surface area contributed by atoms with Crippen molar-refractivity contribution in [1.29, 1.82) is 0 Å². The molecule has 142 valence electrons. The smallest absolute Gasteiger partial charge is 0.229 e. The topological polar surface area (TPSA) is 93.0 Å². The second kappa shape index (κ2) is 7.65. The monoisotopic (exact) mass is 393 g/mol. The molecular formula is C19H19N7OS. The summed E-state index contributed by atoms with van der Waals surface area (Å²) < 4.78 is 7.18. The lowest BCUT2D eigenvalue weighted by Gasteiger charge is -2.04. The van der Waals surface area contributed by atoms with Crippen LogP contribution in [0, 0.1) is 13.8 Å². The van der Waals surface area contributed by atoms with Crippen LogP contribution in [0.1, 0.15) is 17.0 Å². The molecule has 3 heterocycles. The van der Waals surface area contributed by atoms with E-state index in [1.165, 1.54) is 17.7 Å². The average Bonchev–Trinajstić information content (AvgIpc) is 3.43. The number of rotatable bonds is 6. The molecule has 0 spiro atoms. The van der Waals surface area contributed by atoms with Gasteiger partial charge in [0.05, 0.1) is 19.0 Å². The van der Waals surface area contributed by atoms with E-state index >= 15 is 0 Å². The Hall–Kier alpha value is -3.46. The van der Waals surface area contributed by atoms with Gasteiger partial charge in [0.25, 0.3) is 0 Å². The number of aryl methyl sites for hydroxylation is 1. The summed E-state index contributed by atoms with van der Waals surface area (Å²) in [5.74, 6) is 1.51. The average molecular weight is 393 g/mol. The lowest BCUT2D eigenvalue weighted by molar-refractivity contribution is 0.415. The van der Waals surface area contributed by atoms with Gasteiger partial charge in [0.2, 0.25) is 11.1 Å². The SMILES string of the molecule is COc1ccc(/C=N\Nc2nc(-c3cc(C)n(-c4ncn[nH]4)c3C)cs2)cc1. The van der Waals surface area contributed by atoms with Gasteiger partial charge in [-0.1, -0.05) is 0 Å². The third-order valence-electron chi connectivity index (χ3n) is 4.31. The van der Waals surface area contributed by atoms with E-state index in [0.717, 1.165) is 39.1 Å². The normalized spacial score (nSPS) is 11.2. The fourth-order valence-corrected chi connectivity index (χ4v) is 3.62. The summed E-state index contributed by atoms with van der Waals surface area (Å²) in [5.41, 5.74) is 8.02. The van der Waals surface area contributed by atoms with E-state index in [0.29, 0.717) is 5.95 Å². The minimum Gasteiger partial charge on any atom is -0.497 e. The molecule has 0 radical (unpaired) electrons. The van der Waals surface area contributed by atoms with Crippen molar-refractivity contribution in [1.82, 2.24) is 24.7 Å². The molecule has 0 aliphatic rings. The quantitative estimate of drug-likeness (QED) is 0.384. The van der Waals surface area contributed by atoms with Crippen LogP contribution >= 0.6 is 11.3 Å². The maximum Gasteiger partial charge on any atom is 0.229 e. The molecule has 4 rings (SSSR count). The first-order valence-electron chi connectivity index (χ1n) is 8.59. The number of aromatic nitrogens is 5. The number of methoxy groups -OCH3 is 1. The molecular weight excluding hydrogens is 374 g/mol. The highest BCUT2D eigenvalue weighted by atomic mass is 32.1. The second-order valence-electron chi connectivity index (χ2n) is 6.11. The van der Waals surface area contributed by atoms with Crippen LogP contribution in [0.2, 0.25) is 0 Å². The van der Waals surface area contributed by atoms with Gasteiger partial charge in [0.15, 0.2) is 0 Å². The number of ether oxygens (including phenoxy) is 1. The summed E-state index contributed by atoms with van der Waals surface area (Å²) in [7, 11) is 1.65. The lowest BCUT2D eigenvalue weighted by atomic mass is 10.2. The molecule has 2 N–H and O–H groups in total. The maximum atomic E-state index is 5.15. The van der Waals surface area contributed by atoms with Crippen LogP contribution < -0.4 is 10.2 Å². The van der Waals surface area contributed by atoms with Gasteiger partial charge in [0, 0.05) is 22.3 Å². The fourth-order valence-electron chi connectivity index (χ4n) is 2.96. The first-order chi connectivity index (χ1) is 13.7. The Balaban J connectivity index is 1.50. The molecule has 0 unspecified atom stereocenters. The zero-order valence-corrected chi connectivity index (χ0v) is 16.5. The van der Waals surface area contributed by atoms with Gasteiger partial charge in [-0.15, -0.1) is 11.3 Å². The zero-order chi connectivity index (χ0) is 19.5. The van der Waals surface area contributed by atoms with Gasteiger partial charge in [-0.05, 0) is 49.7 Å². The molecule has 9 heteroatoms. The number of H-pyrrole nitrogens is 1. The molecule has 0 aliphatic carbocycles. The molecule has 0 atom stereocenters. The van der Waals surface area contributed by atoms with Gasteiger partial charge in [-0.25, -0.2) is 10.1 Å². The van der Waals surface area contributed by atoms with Crippen molar-refractivity contribution in [2.75, 3.05) is 12.5 Å². The molecule has 0 aliphatic heterocycles. The first kappa shape index (κ1) is 17.9. The summed E-state index contributed by atoms with van der Waals surface area (Å²) in [6, 6.07) is 9.77. The van der Waals surface area contributed by atoms with E-state index in [1.54, 1.807) is 13.3 Å². The minimum absolute atomic E-state index is 0.693. The van der Waals surface area contributed by atoms with Crippen molar-refractivity contribution in [3.63, 3.8) is 0 Å². The van der Waals surface area contributed by atoms with Crippen LogP contribution in [0.15, 0.2) is 47.1 Å². The summed E-state index contributed by atoms with van der Waals surface area (Å²) in [6.07, 6.45) is 3.25. The Kier molecular flexibility index (Phi) is 4.90. The van der Waals surface area contributed by atoms with Crippen LogP contribution in [0.5, 0.6) is 5.75 Å². The summed E-state index contributed by atoms with van der Waals surface area (Å²) >= 11 is 1.51. The van der Waals surface area contributed by atoms with Gasteiger partial charge in [0.1, 0.15) is 12.1 Å². The maximum absolute atomic E-state index is 5.15. The van der Waals surface area contributed by atoms with Gasteiger partial charge in [-0.3, -0.25) is 9.99 Å². The van der Waals surface area contributed by atoms with Gasteiger partial charge < -0.3 is 4.74 Å². The van der Waals surface area contributed by atoms with E-state index in [2.05, 4.69) is 36.8 Å². The van der Waals surface area contributed by atoms with Crippen molar-refractivity contribution in [3.05, 3.63) is 59.0 Å². The largest absolute Gasteiger partial charge is 0.497 e. The van der Waals surface area contributed by atoms with Crippen LogP contribution in [-0.2, 0) is 0 Å². The van der Waals surface area contributed by atoms with Crippen molar-refractivity contribution >= 4 is 22.7 Å². The molecule has 4 aromatic rings. The number of hydrogen-bond acceptors (Lipinski definition) is 7. The molecule has 0 fully saturated rings. The summed E-state index contributed by atoms with van der Waals surface area (Å²) in [5, 5.41) is 13.8. The number of thiazole rings is 1. The highest BCUT2D eigenvalue weighted by Gasteiger charge is 2.16. The molecule has 8 nitrogen and oxygen atoms in total.